The Bertz CT molecular complexity index is 1580. The number of halogens is 1. The van der Waals surface area contributed by atoms with Crippen LogP contribution in [0.4, 0.5) is 5.69 Å². The number of carbonyl (C=O) groups excluding carboxylic acids is 1. The fourth-order valence-electron chi connectivity index (χ4n) is 3.97. The molecule has 0 bridgehead atoms. The Kier molecular flexibility index (Phi) is 6.61. The van der Waals surface area contributed by atoms with Gasteiger partial charge in [-0.15, -0.1) is 5.10 Å². The maximum Gasteiger partial charge on any atom is 0.261 e. The second kappa shape index (κ2) is 10.2. The number of nitrogens with one attached hydrogen (secondary N) is 1. The van der Waals surface area contributed by atoms with Crippen LogP contribution in [0.1, 0.15) is 16.1 Å². The topological polar surface area (TPSA) is 104 Å². The number of anilines is 1. The van der Waals surface area contributed by atoms with Crippen LogP contribution >= 0.6 is 11.6 Å². The van der Waals surface area contributed by atoms with Gasteiger partial charge in [0.15, 0.2) is 11.5 Å². The number of hydrogen-bond donors (Lipinski definition) is 1. The lowest BCUT2D eigenvalue weighted by molar-refractivity contribution is 0.102. The van der Waals surface area contributed by atoms with E-state index in [0.717, 1.165) is 16.9 Å². The second-order valence-electron chi connectivity index (χ2n) is 8.04. The summed E-state index contributed by atoms with van der Waals surface area (Å²) in [5, 5.41) is 15.8. The second-order valence-corrected chi connectivity index (χ2v) is 8.45. The quantitative estimate of drug-likeness (QED) is 0.291. The minimum absolute atomic E-state index is 0.323. The van der Waals surface area contributed by atoms with Crippen molar-refractivity contribution in [2.24, 2.45) is 0 Å². The zero-order valence-corrected chi connectivity index (χ0v) is 21.0. The zero-order valence-electron chi connectivity index (χ0n) is 20.2. The Balaban J connectivity index is 1.39. The van der Waals surface area contributed by atoms with Crippen molar-refractivity contribution in [3.05, 3.63) is 89.3 Å². The summed E-state index contributed by atoms with van der Waals surface area (Å²) in [6.07, 6.45) is 1.67. The Hall–Kier alpha value is -4.63. The van der Waals surface area contributed by atoms with E-state index < -0.39 is 0 Å². The fourth-order valence-corrected chi connectivity index (χ4v) is 4.20. The molecule has 0 atom stereocenters. The van der Waals surface area contributed by atoms with E-state index in [0.29, 0.717) is 44.8 Å². The van der Waals surface area contributed by atoms with Crippen LogP contribution in [-0.4, -0.2) is 40.3 Å². The summed E-state index contributed by atoms with van der Waals surface area (Å²) in [5.41, 5.74) is 4.31. The molecular formula is C27H22ClN5O4. The third-order valence-corrected chi connectivity index (χ3v) is 6.15. The molecule has 2 heterocycles. The van der Waals surface area contributed by atoms with Crippen molar-refractivity contribution in [1.29, 1.82) is 0 Å². The van der Waals surface area contributed by atoms with E-state index in [9.17, 15) is 4.79 Å². The van der Waals surface area contributed by atoms with Gasteiger partial charge in [0.05, 0.1) is 36.8 Å². The third kappa shape index (κ3) is 4.64. The predicted molar refractivity (Wildman–Crippen MR) is 140 cm³/mol. The highest BCUT2D eigenvalue weighted by atomic mass is 35.5. The molecule has 37 heavy (non-hydrogen) atoms. The van der Waals surface area contributed by atoms with Gasteiger partial charge < -0.3 is 19.3 Å². The lowest BCUT2D eigenvalue weighted by Crippen LogP contribution is -2.13. The van der Waals surface area contributed by atoms with Crippen molar-refractivity contribution >= 4 is 23.2 Å². The monoisotopic (exact) mass is 515 g/mol. The lowest BCUT2D eigenvalue weighted by Gasteiger charge is -2.11. The maximum atomic E-state index is 13.2. The van der Waals surface area contributed by atoms with Gasteiger partial charge in [-0.3, -0.25) is 4.79 Å². The fraction of sp³-hybridized carbons (Fsp3) is 0.111. The van der Waals surface area contributed by atoms with Gasteiger partial charge in [0.1, 0.15) is 17.0 Å². The third-order valence-electron chi connectivity index (χ3n) is 5.82. The number of rotatable bonds is 7. The van der Waals surface area contributed by atoms with Gasteiger partial charge in [0.2, 0.25) is 0 Å². The number of ether oxygens (including phenoxy) is 2. The number of amides is 1. The summed E-state index contributed by atoms with van der Waals surface area (Å²) in [7, 11) is 3.17. The van der Waals surface area contributed by atoms with Crippen molar-refractivity contribution < 1.29 is 18.8 Å². The number of carbonyl (C=O) groups is 1. The van der Waals surface area contributed by atoms with Gasteiger partial charge in [-0.25, -0.2) is 4.68 Å². The summed E-state index contributed by atoms with van der Waals surface area (Å²) in [6.45, 7) is 1.69. The number of hydrogen-bond acceptors (Lipinski definition) is 7. The molecule has 0 aliphatic carbocycles. The molecule has 186 valence electrons. The van der Waals surface area contributed by atoms with Gasteiger partial charge in [0.25, 0.3) is 5.91 Å². The SMILES string of the molecule is COc1ccc(-c2cnnn2-c2ccc(NC(=O)c3c(-c4ccccc4Cl)noc3C)cc2)cc1OC. The molecule has 0 fully saturated rings. The molecule has 9 nitrogen and oxygen atoms in total. The summed E-state index contributed by atoms with van der Waals surface area (Å²) in [5.74, 6) is 1.27. The molecule has 0 aliphatic heterocycles. The Labute approximate surface area is 217 Å². The molecule has 3 aromatic carbocycles. The minimum Gasteiger partial charge on any atom is -0.493 e. The van der Waals surface area contributed by atoms with Gasteiger partial charge >= 0.3 is 0 Å². The number of aromatic nitrogens is 4. The predicted octanol–water partition coefficient (Wildman–Crippen LogP) is 5.82. The smallest absolute Gasteiger partial charge is 0.261 e. The van der Waals surface area contributed by atoms with Crippen molar-refractivity contribution in [2.45, 2.75) is 6.92 Å². The standard InChI is InChI=1S/C27H22ClN5O4/c1-16-25(26(31-37-16)20-6-4-5-7-21(20)28)27(34)30-18-9-11-19(12-10-18)33-22(15-29-32-33)17-8-13-23(35-2)24(14-17)36-3/h4-15H,1-3H3,(H,30,34). The first-order valence-corrected chi connectivity index (χ1v) is 11.6. The summed E-state index contributed by atoms with van der Waals surface area (Å²) in [6, 6.07) is 20.0. The first-order valence-electron chi connectivity index (χ1n) is 11.3. The summed E-state index contributed by atoms with van der Waals surface area (Å²) >= 11 is 6.32. The number of benzene rings is 3. The molecule has 1 amide bonds. The van der Waals surface area contributed by atoms with E-state index in [2.05, 4.69) is 20.8 Å². The summed E-state index contributed by atoms with van der Waals surface area (Å²) in [4.78, 5) is 13.2. The van der Waals surface area contributed by atoms with E-state index in [1.807, 2.05) is 42.5 Å². The molecule has 0 saturated carbocycles. The van der Waals surface area contributed by atoms with Crippen LogP contribution in [0.25, 0.3) is 28.2 Å². The largest absolute Gasteiger partial charge is 0.493 e. The van der Waals surface area contributed by atoms with E-state index in [-0.39, 0.29) is 5.91 Å². The van der Waals surface area contributed by atoms with E-state index in [1.54, 1.807) is 56.3 Å². The molecule has 5 aromatic rings. The van der Waals surface area contributed by atoms with Crippen LogP contribution in [0.2, 0.25) is 5.02 Å². The van der Waals surface area contributed by atoms with Gasteiger partial charge in [-0.2, -0.15) is 0 Å². The molecule has 2 aromatic heterocycles. The average Bonchev–Trinajstić information content (AvgIpc) is 3.56. The molecule has 5 rings (SSSR count). The molecule has 0 unspecified atom stereocenters. The van der Waals surface area contributed by atoms with E-state index in [1.165, 1.54) is 0 Å². The van der Waals surface area contributed by atoms with Gasteiger partial charge in [-0.1, -0.05) is 40.2 Å². The maximum absolute atomic E-state index is 13.2. The molecule has 0 aliphatic rings. The Morgan fingerprint density at radius 3 is 2.49 bits per heavy atom. The average molecular weight is 516 g/mol. The van der Waals surface area contributed by atoms with Crippen molar-refractivity contribution in [1.82, 2.24) is 20.2 Å². The van der Waals surface area contributed by atoms with Crippen LogP contribution in [-0.2, 0) is 0 Å². The van der Waals surface area contributed by atoms with Crippen molar-refractivity contribution in [3.63, 3.8) is 0 Å². The van der Waals surface area contributed by atoms with E-state index in [4.69, 9.17) is 25.6 Å². The molecule has 0 spiro atoms. The summed E-state index contributed by atoms with van der Waals surface area (Å²) < 4.78 is 17.8. The van der Waals surface area contributed by atoms with Crippen LogP contribution < -0.4 is 14.8 Å². The highest BCUT2D eigenvalue weighted by molar-refractivity contribution is 6.33. The van der Waals surface area contributed by atoms with Crippen molar-refractivity contribution in [3.8, 4) is 39.7 Å². The van der Waals surface area contributed by atoms with Gasteiger partial charge in [0, 0.05) is 16.8 Å². The number of methoxy groups -OCH3 is 2. The van der Waals surface area contributed by atoms with Crippen LogP contribution in [0.5, 0.6) is 11.5 Å². The van der Waals surface area contributed by atoms with E-state index >= 15 is 0 Å². The molecular weight excluding hydrogens is 494 g/mol. The number of nitrogens with zero attached hydrogens (tertiary/aromatic N) is 4. The first kappa shape index (κ1) is 24.1. The highest BCUT2D eigenvalue weighted by Crippen LogP contribution is 2.33. The lowest BCUT2D eigenvalue weighted by atomic mass is 10.1. The molecule has 1 N–H and O–H groups in total. The Morgan fingerprint density at radius 2 is 1.76 bits per heavy atom. The Morgan fingerprint density at radius 1 is 1.00 bits per heavy atom. The normalized spacial score (nSPS) is 10.8. The molecule has 0 saturated heterocycles. The van der Waals surface area contributed by atoms with Gasteiger partial charge in [-0.05, 0) is 55.5 Å². The van der Waals surface area contributed by atoms with Crippen LogP contribution in [0.3, 0.4) is 0 Å². The molecule has 10 heteroatoms. The first-order chi connectivity index (χ1) is 18.0. The highest BCUT2D eigenvalue weighted by Gasteiger charge is 2.23. The minimum atomic E-state index is -0.354. The number of aryl methyl sites for hydroxylation is 1. The van der Waals surface area contributed by atoms with Crippen LogP contribution in [0.15, 0.2) is 77.4 Å². The van der Waals surface area contributed by atoms with Crippen LogP contribution in [0, 0.1) is 6.92 Å². The zero-order chi connectivity index (χ0) is 25.9. The molecule has 0 radical (unpaired) electrons. The van der Waals surface area contributed by atoms with Crippen molar-refractivity contribution in [2.75, 3.05) is 19.5 Å².